The molecule has 0 unspecified atom stereocenters. The van der Waals surface area contributed by atoms with Crippen LogP contribution < -0.4 is 4.74 Å². The van der Waals surface area contributed by atoms with Crippen LogP contribution in [0.1, 0.15) is 11.1 Å². The normalized spacial score (nSPS) is 10.7. The molecule has 0 aliphatic heterocycles. The number of hydrogen-bond donors (Lipinski definition) is 0. The van der Waals surface area contributed by atoms with E-state index in [1.54, 1.807) is 18.3 Å². The van der Waals surface area contributed by atoms with E-state index in [1.165, 1.54) is 22.9 Å². The van der Waals surface area contributed by atoms with Gasteiger partial charge in [0.15, 0.2) is 5.16 Å². The molecule has 2 aromatic carbocycles. The molecule has 0 aliphatic carbocycles. The first kappa shape index (κ1) is 19.9. The van der Waals surface area contributed by atoms with Crippen molar-refractivity contribution < 1.29 is 9.53 Å². The molecule has 0 radical (unpaired) electrons. The number of carbonyl (C=O) groups excluding carboxylic acids is 1. The Labute approximate surface area is 169 Å². The monoisotopic (exact) mass is 396 g/mol. The molecule has 0 aliphatic rings. The summed E-state index contributed by atoms with van der Waals surface area (Å²) in [6.45, 7) is 5.14. The topological polar surface area (TPSA) is 60.2 Å². The molecule has 1 heterocycles. The summed E-state index contributed by atoms with van der Waals surface area (Å²) in [7, 11) is 1.78. The fraction of sp³-hybridized carbons (Fsp3) is 0.286. The summed E-state index contributed by atoms with van der Waals surface area (Å²) in [5.74, 6) is 1.13. The molecular weight excluding hydrogens is 372 g/mol. The lowest BCUT2D eigenvalue weighted by Crippen LogP contribution is -2.32. The predicted octanol–water partition coefficient (Wildman–Crippen LogP) is 3.51. The summed E-state index contributed by atoms with van der Waals surface area (Å²) in [5.41, 5.74) is 3.43. The second-order valence-electron chi connectivity index (χ2n) is 6.52. The molecule has 0 fully saturated rings. The smallest absolute Gasteiger partial charge is 0.232 e. The van der Waals surface area contributed by atoms with E-state index < -0.39 is 0 Å². The van der Waals surface area contributed by atoms with E-state index in [-0.39, 0.29) is 5.91 Å². The fourth-order valence-corrected chi connectivity index (χ4v) is 3.42. The minimum atomic E-state index is 0.0244. The van der Waals surface area contributed by atoms with Gasteiger partial charge in [-0.15, -0.1) is 10.2 Å². The van der Waals surface area contributed by atoms with Crippen molar-refractivity contribution in [3.8, 4) is 11.4 Å². The summed E-state index contributed by atoms with van der Waals surface area (Å²) in [4.78, 5) is 14.1. The predicted molar refractivity (Wildman–Crippen MR) is 111 cm³/mol. The molecule has 1 aromatic heterocycles. The number of nitrogens with zero attached hydrogens (tertiary/aromatic N) is 4. The number of ether oxygens (including phenoxy) is 1. The van der Waals surface area contributed by atoms with Crippen molar-refractivity contribution in [2.24, 2.45) is 0 Å². The third-order valence-corrected chi connectivity index (χ3v) is 5.40. The second kappa shape index (κ2) is 9.41. The van der Waals surface area contributed by atoms with Crippen LogP contribution in [0.3, 0.4) is 0 Å². The van der Waals surface area contributed by atoms with Gasteiger partial charge in [-0.1, -0.05) is 36.0 Å². The van der Waals surface area contributed by atoms with Crippen molar-refractivity contribution in [2.75, 3.05) is 26.0 Å². The Morgan fingerprint density at radius 3 is 2.68 bits per heavy atom. The highest BCUT2D eigenvalue weighted by Gasteiger charge is 2.13. The molecule has 0 bridgehead atoms. The van der Waals surface area contributed by atoms with Crippen LogP contribution in [0.4, 0.5) is 0 Å². The summed E-state index contributed by atoms with van der Waals surface area (Å²) < 4.78 is 7.55. The highest BCUT2D eigenvalue weighted by atomic mass is 32.2. The molecule has 0 saturated carbocycles. The minimum Gasteiger partial charge on any atom is -0.492 e. The Balaban J connectivity index is 1.52. The molecular formula is C21H24N4O2S. The van der Waals surface area contributed by atoms with Crippen molar-refractivity contribution in [1.29, 1.82) is 0 Å². The maximum atomic E-state index is 12.4. The van der Waals surface area contributed by atoms with Gasteiger partial charge < -0.3 is 9.64 Å². The van der Waals surface area contributed by atoms with Crippen molar-refractivity contribution >= 4 is 17.7 Å². The minimum absolute atomic E-state index is 0.0244. The number of aryl methyl sites for hydroxylation is 2. The number of likely N-dealkylation sites (N-methyl/N-ethyl adjacent to an activating group) is 1. The van der Waals surface area contributed by atoms with E-state index in [4.69, 9.17) is 4.74 Å². The van der Waals surface area contributed by atoms with Crippen molar-refractivity contribution in [3.63, 3.8) is 0 Å². The molecule has 0 saturated heterocycles. The van der Waals surface area contributed by atoms with Gasteiger partial charge in [-0.2, -0.15) is 0 Å². The molecule has 0 spiro atoms. The molecule has 0 atom stereocenters. The highest BCUT2D eigenvalue weighted by molar-refractivity contribution is 7.99. The van der Waals surface area contributed by atoms with Crippen molar-refractivity contribution in [2.45, 2.75) is 19.0 Å². The molecule has 28 heavy (non-hydrogen) atoms. The first-order valence-corrected chi connectivity index (χ1v) is 10.1. The number of amides is 1. The van der Waals surface area contributed by atoms with E-state index in [0.29, 0.717) is 24.1 Å². The summed E-state index contributed by atoms with van der Waals surface area (Å²) in [6.07, 6.45) is 1.67. The van der Waals surface area contributed by atoms with Crippen molar-refractivity contribution in [3.05, 3.63) is 66.0 Å². The van der Waals surface area contributed by atoms with E-state index in [2.05, 4.69) is 36.2 Å². The number of thioether (sulfide) groups is 1. The van der Waals surface area contributed by atoms with Crippen LogP contribution in [-0.4, -0.2) is 51.5 Å². The zero-order valence-corrected chi connectivity index (χ0v) is 17.1. The average molecular weight is 397 g/mol. The quantitative estimate of drug-likeness (QED) is 0.545. The number of aromatic nitrogens is 3. The van der Waals surface area contributed by atoms with Gasteiger partial charge in [0.25, 0.3) is 0 Å². The van der Waals surface area contributed by atoms with Crippen LogP contribution in [-0.2, 0) is 4.79 Å². The Morgan fingerprint density at radius 1 is 1.14 bits per heavy atom. The van der Waals surface area contributed by atoms with Crippen LogP contribution in [0.2, 0.25) is 0 Å². The lowest BCUT2D eigenvalue weighted by atomic mass is 10.1. The summed E-state index contributed by atoms with van der Waals surface area (Å²) >= 11 is 1.38. The summed E-state index contributed by atoms with van der Waals surface area (Å²) in [6, 6.07) is 15.8. The van der Waals surface area contributed by atoms with Crippen LogP contribution in [0.5, 0.6) is 5.75 Å². The number of rotatable bonds is 8. The van der Waals surface area contributed by atoms with Gasteiger partial charge in [-0.25, -0.2) is 0 Å². The number of carbonyl (C=O) groups is 1. The maximum absolute atomic E-state index is 12.4. The molecule has 146 valence electrons. The van der Waals surface area contributed by atoms with Gasteiger partial charge in [0.1, 0.15) is 18.7 Å². The SMILES string of the molecule is Cc1ccc(-n2cnnc2SCC(=O)N(C)CCOc2ccccc2)cc1C. The van der Waals surface area contributed by atoms with Crippen LogP contribution in [0.25, 0.3) is 5.69 Å². The highest BCUT2D eigenvalue weighted by Crippen LogP contribution is 2.21. The fourth-order valence-electron chi connectivity index (χ4n) is 2.55. The van der Waals surface area contributed by atoms with E-state index >= 15 is 0 Å². The first-order valence-electron chi connectivity index (χ1n) is 9.07. The Morgan fingerprint density at radius 2 is 1.93 bits per heavy atom. The zero-order valence-electron chi connectivity index (χ0n) is 16.3. The van der Waals surface area contributed by atoms with E-state index in [1.807, 2.05) is 41.0 Å². The second-order valence-corrected chi connectivity index (χ2v) is 7.46. The van der Waals surface area contributed by atoms with Crippen LogP contribution in [0.15, 0.2) is 60.0 Å². The molecule has 0 N–H and O–H groups in total. The molecule has 7 heteroatoms. The number of benzene rings is 2. The lowest BCUT2D eigenvalue weighted by Gasteiger charge is -2.17. The maximum Gasteiger partial charge on any atom is 0.232 e. The lowest BCUT2D eigenvalue weighted by molar-refractivity contribution is -0.127. The van der Waals surface area contributed by atoms with E-state index in [9.17, 15) is 4.79 Å². The standard InChI is InChI=1S/C21H24N4O2S/c1-16-9-10-18(13-17(16)2)25-15-22-23-21(25)28-14-20(26)24(3)11-12-27-19-7-5-4-6-8-19/h4-10,13,15H,11-12,14H2,1-3H3. The van der Waals surface area contributed by atoms with Gasteiger partial charge in [-0.05, 0) is 49.2 Å². The third-order valence-electron chi connectivity index (χ3n) is 4.47. The molecule has 1 amide bonds. The number of hydrogen-bond acceptors (Lipinski definition) is 5. The zero-order chi connectivity index (χ0) is 19.9. The molecule has 6 nitrogen and oxygen atoms in total. The Bertz CT molecular complexity index is 927. The number of para-hydroxylation sites is 1. The molecule has 3 rings (SSSR count). The summed E-state index contributed by atoms with van der Waals surface area (Å²) in [5, 5.41) is 8.86. The van der Waals surface area contributed by atoms with E-state index in [0.717, 1.165) is 11.4 Å². The van der Waals surface area contributed by atoms with Gasteiger partial charge >= 0.3 is 0 Å². The third kappa shape index (κ3) is 5.13. The Hall–Kier alpha value is -2.80. The van der Waals surface area contributed by atoms with Crippen molar-refractivity contribution in [1.82, 2.24) is 19.7 Å². The van der Waals surface area contributed by atoms with Gasteiger partial charge in [0.2, 0.25) is 5.91 Å². The van der Waals surface area contributed by atoms with Gasteiger partial charge in [0.05, 0.1) is 12.3 Å². The van der Waals surface area contributed by atoms with Crippen LogP contribution >= 0.6 is 11.8 Å². The van der Waals surface area contributed by atoms with Crippen LogP contribution in [0, 0.1) is 13.8 Å². The largest absolute Gasteiger partial charge is 0.492 e. The average Bonchev–Trinajstić information content (AvgIpc) is 3.17. The van der Waals surface area contributed by atoms with Gasteiger partial charge in [0, 0.05) is 12.7 Å². The van der Waals surface area contributed by atoms with Gasteiger partial charge in [-0.3, -0.25) is 9.36 Å². The first-order chi connectivity index (χ1) is 13.5. The molecule has 3 aromatic rings. The Kier molecular flexibility index (Phi) is 6.71.